The Morgan fingerprint density at radius 2 is 1.78 bits per heavy atom. The lowest BCUT2D eigenvalue weighted by atomic mass is 10.1. The summed E-state index contributed by atoms with van der Waals surface area (Å²) in [4.78, 5) is 32.9. The van der Waals surface area contributed by atoms with E-state index in [1.54, 1.807) is 30.3 Å². The molecule has 0 fully saturated rings. The Bertz CT molecular complexity index is 1040. The molecule has 0 amide bonds. The van der Waals surface area contributed by atoms with Crippen molar-refractivity contribution >= 4 is 17.3 Å². The van der Waals surface area contributed by atoms with Crippen LogP contribution in [0.25, 0.3) is 16.9 Å². The molecular weight excluding hydrogens is 356 g/mol. The zero-order valence-corrected chi connectivity index (χ0v) is 13.9. The first-order valence-corrected chi connectivity index (χ1v) is 7.59. The van der Waals surface area contributed by atoms with Crippen LogP contribution in [-0.4, -0.2) is 32.7 Å². The smallest absolute Gasteiger partial charge is 0.341 e. The van der Waals surface area contributed by atoms with Gasteiger partial charge in [-0.25, -0.2) is 9.48 Å². The van der Waals surface area contributed by atoms with E-state index in [-0.39, 0.29) is 16.9 Å². The molecule has 2 aromatic carbocycles. The fraction of sp³-hybridized carbons (Fsp3) is 0.0588. The Labute approximate surface area is 151 Å². The number of carbonyl (C=O) groups excluding carboxylic acids is 1. The quantitative estimate of drug-likeness (QED) is 0.384. The minimum atomic E-state index is -0.746. The van der Waals surface area contributed by atoms with Gasteiger partial charge in [-0.05, 0) is 6.07 Å². The van der Waals surface area contributed by atoms with Gasteiger partial charge in [0.05, 0.1) is 23.0 Å². The van der Waals surface area contributed by atoms with E-state index in [9.17, 15) is 25.0 Å². The Morgan fingerprint density at radius 3 is 2.37 bits per heavy atom. The van der Waals surface area contributed by atoms with Crippen LogP contribution >= 0.6 is 0 Å². The van der Waals surface area contributed by atoms with Crippen LogP contribution < -0.4 is 0 Å². The molecule has 1 aromatic heterocycles. The van der Waals surface area contributed by atoms with Gasteiger partial charge >= 0.3 is 11.7 Å². The molecule has 0 aliphatic carbocycles. The standard InChI is InChI=1S/C17H12N4O6/c1-27-17(22)13-10-19(18-16(13)11-5-3-2-4-6-11)14-8-7-12(20(23)24)9-15(14)21(25)26/h2-10H,1H3. The lowest BCUT2D eigenvalue weighted by molar-refractivity contribution is -0.394. The molecule has 1 heterocycles. The van der Waals surface area contributed by atoms with E-state index >= 15 is 0 Å². The number of rotatable bonds is 5. The number of nitro groups is 2. The van der Waals surface area contributed by atoms with Crippen LogP contribution in [0, 0.1) is 20.2 Å². The number of non-ortho nitro benzene ring substituents is 1. The Balaban J connectivity index is 2.21. The predicted octanol–water partition coefficient (Wildman–Crippen LogP) is 3.14. The van der Waals surface area contributed by atoms with E-state index in [4.69, 9.17) is 4.74 Å². The minimum absolute atomic E-state index is 0.0158. The van der Waals surface area contributed by atoms with Crippen molar-refractivity contribution in [3.63, 3.8) is 0 Å². The molecule has 136 valence electrons. The third-order valence-electron chi connectivity index (χ3n) is 3.78. The third kappa shape index (κ3) is 3.35. The van der Waals surface area contributed by atoms with Gasteiger partial charge in [-0.1, -0.05) is 30.3 Å². The van der Waals surface area contributed by atoms with Crippen LogP contribution in [0.3, 0.4) is 0 Å². The molecule has 0 N–H and O–H groups in total. The zero-order chi connectivity index (χ0) is 19.6. The lowest BCUT2D eigenvalue weighted by Crippen LogP contribution is -2.02. The number of carbonyl (C=O) groups is 1. The molecule has 10 heteroatoms. The van der Waals surface area contributed by atoms with Gasteiger partial charge in [-0.15, -0.1) is 0 Å². The van der Waals surface area contributed by atoms with Crippen molar-refractivity contribution in [3.05, 3.63) is 80.5 Å². The molecule has 0 bridgehead atoms. The minimum Gasteiger partial charge on any atom is -0.465 e. The van der Waals surface area contributed by atoms with E-state index in [1.807, 2.05) is 0 Å². The van der Waals surface area contributed by atoms with Gasteiger partial charge in [0.15, 0.2) is 0 Å². The second-order valence-corrected chi connectivity index (χ2v) is 5.38. The first-order valence-electron chi connectivity index (χ1n) is 7.59. The largest absolute Gasteiger partial charge is 0.465 e. The Hall–Kier alpha value is -4.08. The third-order valence-corrected chi connectivity index (χ3v) is 3.78. The van der Waals surface area contributed by atoms with Crippen LogP contribution in [0.5, 0.6) is 0 Å². The van der Waals surface area contributed by atoms with E-state index in [1.165, 1.54) is 19.4 Å². The Kier molecular flexibility index (Phi) is 4.62. The number of ether oxygens (including phenoxy) is 1. The van der Waals surface area contributed by atoms with Crippen LogP contribution in [0.4, 0.5) is 11.4 Å². The van der Waals surface area contributed by atoms with Crippen molar-refractivity contribution in [2.45, 2.75) is 0 Å². The van der Waals surface area contributed by atoms with Gasteiger partial charge in [-0.2, -0.15) is 5.10 Å². The van der Waals surface area contributed by atoms with Gasteiger partial charge < -0.3 is 4.74 Å². The van der Waals surface area contributed by atoms with Crippen molar-refractivity contribution in [1.82, 2.24) is 9.78 Å². The monoisotopic (exact) mass is 368 g/mol. The van der Waals surface area contributed by atoms with E-state index in [0.29, 0.717) is 5.56 Å². The topological polar surface area (TPSA) is 130 Å². The van der Waals surface area contributed by atoms with Crippen molar-refractivity contribution in [1.29, 1.82) is 0 Å². The van der Waals surface area contributed by atoms with E-state index < -0.39 is 27.2 Å². The predicted molar refractivity (Wildman–Crippen MR) is 93.6 cm³/mol. The maximum absolute atomic E-state index is 12.1. The summed E-state index contributed by atoms with van der Waals surface area (Å²) in [5.41, 5.74) is 0.0439. The average Bonchev–Trinajstić information content (AvgIpc) is 3.12. The molecule has 0 spiro atoms. The first kappa shape index (κ1) is 17.7. The summed E-state index contributed by atoms with van der Waals surface area (Å²) in [6, 6.07) is 11.9. The van der Waals surface area contributed by atoms with E-state index in [2.05, 4.69) is 5.10 Å². The summed E-state index contributed by atoms with van der Waals surface area (Å²) >= 11 is 0. The summed E-state index contributed by atoms with van der Waals surface area (Å²) in [5.74, 6) is -0.662. The number of benzene rings is 2. The number of nitrogens with zero attached hydrogens (tertiary/aromatic N) is 4. The van der Waals surface area contributed by atoms with Crippen LogP contribution in [0.1, 0.15) is 10.4 Å². The summed E-state index contributed by atoms with van der Waals surface area (Å²) in [5, 5.41) is 26.5. The molecule has 3 rings (SSSR count). The van der Waals surface area contributed by atoms with Crippen LogP contribution in [-0.2, 0) is 4.74 Å². The number of aromatic nitrogens is 2. The molecular formula is C17H12N4O6. The van der Waals surface area contributed by atoms with Crippen molar-refractivity contribution in [2.24, 2.45) is 0 Å². The molecule has 0 radical (unpaired) electrons. The number of hydrogen-bond donors (Lipinski definition) is 0. The molecule has 0 aliphatic rings. The molecule has 0 saturated carbocycles. The van der Waals surface area contributed by atoms with Gasteiger partial charge in [0.25, 0.3) is 5.69 Å². The second-order valence-electron chi connectivity index (χ2n) is 5.38. The summed E-state index contributed by atoms with van der Waals surface area (Å²) in [6.07, 6.45) is 1.29. The van der Waals surface area contributed by atoms with Gasteiger partial charge in [-0.3, -0.25) is 20.2 Å². The maximum Gasteiger partial charge on any atom is 0.341 e. The van der Waals surface area contributed by atoms with Crippen molar-refractivity contribution in [2.75, 3.05) is 7.11 Å². The normalized spacial score (nSPS) is 10.4. The lowest BCUT2D eigenvalue weighted by Gasteiger charge is -2.03. The van der Waals surface area contributed by atoms with Crippen molar-refractivity contribution < 1.29 is 19.4 Å². The molecule has 0 saturated heterocycles. The Morgan fingerprint density at radius 1 is 1.07 bits per heavy atom. The highest BCUT2D eigenvalue weighted by Crippen LogP contribution is 2.30. The average molecular weight is 368 g/mol. The number of nitro benzene ring substituents is 2. The van der Waals surface area contributed by atoms with Crippen LogP contribution in [0.15, 0.2) is 54.7 Å². The highest BCUT2D eigenvalue weighted by molar-refractivity contribution is 5.96. The van der Waals surface area contributed by atoms with Gasteiger partial charge in [0, 0.05) is 17.8 Å². The second kappa shape index (κ2) is 7.04. The van der Waals surface area contributed by atoms with Gasteiger partial charge in [0.1, 0.15) is 16.9 Å². The highest BCUT2D eigenvalue weighted by atomic mass is 16.6. The summed E-state index contributed by atoms with van der Waals surface area (Å²) in [7, 11) is 1.21. The fourth-order valence-electron chi connectivity index (χ4n) is 2.53. The molecule has 0 atom stereocenters. The first-order chi connectivity index (χ1) is 12.9. The molecule has 0 unspecified atom stereocenters. The van der Waals surface area contributed by atoms with Gasteiger partial charge in [0.2, 0.25) is 0 Å². The van der Waals surface area contributed by atoms with E-state index in [0.717, 1.165) is 16.8 Å². The molecule has 27 heavy (non-hydrogen) atoms. The number of hydrogen-bond acceptors (Lipinski definition) is 7. The number of esters is 1. The van der Waals surface area contributed by atoms with Crippen LogP contribution in [0.2, 0.25) is 0 Å². The molecule has 3 aromatic rings. The zero-order valence-electron chi connectivity index (χ0n) is 13.9. The maximum atomic E-state index is 12.1. The summed E-state index contributed by atoms with van der Waals surface area (Å²) < 4.78 is 5.90. The summed E-state index contributed by atoms with van der Waals surface area (Å²) in [6.45, 7) is 0. The number of methoxy groups -OCH3 is 1. The fourth-order valence-corrected chi connectivity index (χ4v) is 2.53. The SMILES string of the molecule is COC(=O)c1cn(-c2ccc([N+](=O)[O-])cc2[N+](=O)[O-])nc1-c1ccccc1. The van der Waals surface area contributed by atoms with Crippen molar-refractivity contribution in [3.8, 4) is 16.9 Å². The highest BCUT2D eigenvalue weighted by Gasteiger charge is 2.25. The molecule has 0 aliphatic heterocycles. The molecule has 10 nitrogen and oxygen atoms in total.